The summed E-state index contributed by atoms with van der Waals surface area (Å²) in [6.45, 7) is 1.65. The molecule has 1 N–H and O–H groups in total. The van der Waals surface area contributed by atoms with Gasteiger partial charge in [0.2, 0.25) is 0 Å². The van der Waals surface area contributed by atoms with Crippen LogP contribution < -0.4 is 0 Å². The summed E-state index contributed by atoms with van der Waals surface area (Å²) in [6.07, 6.45) is 0.768. The smallest absolute Gasteiger partial charge is 0.324 e. The van der Waals surface area contributed by atoms with E-state index in [1.165, 1.54) is 23.2 Å². The number of rotatable bonds is 5. The van der Waals surface area contributed by atoms with Crippen molar-refractivity contribution in [2.75, 3.05) is 12.8 Å². The zero-order valence-corrected chi connectivity index (χ0v) is 14.6. The third-order valence-electron chi connectivity index (χ3n) is 3.75. The van der Waals surface area contributed by atoms with Crippen LogP contribution in [0.15, 0.2) is 9.85 Å². The molecule has 1 aromatic rings. The first kappa shape index (κ1) is 16.4. The predicted octanol–water partition coefficient (Wildman–Crippen LogP) is 1.74. The molecule has 0 spiro atoms. The van der Waals surface area contributed by atoms with E-state index >= 15 is 0 Å². The SMILES string of the molecule is C[C@@](CCN1Cc2cc(Br)sc2C1=O)(C(=O)O)S(C)(=O)=O. The van der Waals surface area contributed by atoms with Crippen LogP contribution >= 0.6 is 27.3 Å². The van der Waals surface area contributed by atoms with Crippen LogP contribution in [0.3, 0.4) is 0 Å². The summed E-state index contributed by atoms with van der Waals surface area (Å²) in [4.78, 5) is 25.6. The van der Waals surface area contributed by atoms with Gasteiger partial charge in [0.1, 0.15) is 0 Å². The number of hydrogen-bond donors (Lipinski definition) is 1. The van der Waals surface area contributed by atoms with Crippen molar-refractivity contribution in [3.05, 3.63) is 20.3 Å². The van der Waals surface area contributed by atoms with E-state index in [-0.39, 0.29) is 18.9 Å². The highest BCUT2D eigenvalue weighted by Gasteiger charge is 2.44. The standard InChI is InChI=1S/C12H14BrNO5S2/c1-12(11(16)17,21(2,18)19)3-4-14-6-7-5-8(13)20-9(7)10(14)15/h5H,3-4,6H2,1-2H3,(H,16,17)/t12-/m1/s1. The summed E-state index contributed by atoms with van der Waals surface area (Å²) in [5.41, 5.74) is 0.883. The molecule has 116 valence electrons. The van der Waals surface area contributed by atoms with Crippen LogP contribution in [0.5, 0.6) is 0 Å². The van der Waals surface area contributed by atoms with Gasteiger partial charge in [0.25, 0.3) is 5.91 Å². The van der Waals surface area contributed by atoms with Gasteiger partial charge in [-0.3, -0.25) is 9.59 Å². The van der Waals surface area contributed by atoms with E-state index in [2.05, 4.69) is 15.9 Å². The van der Waals surface area contributed by atoms with Gasteiger partial charge in [-0.1, -0.05) is 0 Å². The molecule has 9 heteroatoms. The predicted molar refractivity (Wildman–Crippen MR) is 82.3 cm³/mol. The number of carbonyl (C=O) groups is 2. The third-order valence-corrected chi connectivity index (χ3v) is 7.43. The Kier molecular flexibility index (Phi) is 4.20. The average Bonchev–Trinajstić information content (AvgIpc) is 2.83. The number of fused-ring (bicyclic) bond motifs is 1. The maximum atomic E-state index is 12.2. The van der Waals surface area contributed by atoms with Crippen LogP contribution in [-0.4, -0.2) is 47.8 Å². The van der Waals surface area contributed by atoms with E-state index in [9.17, 15) is 23.1 Å². The maximum absolute atomic E-state index is 12.2. The fraction of sp³-hybridized carbons (Fsp3) is 0.500. The third kappa shape index (κ3) is 2.86. The van der Waals surface area contributed by atoms with Crippen molar-refractivity contribution in [1.82, 2.24) is 4.90 Å². The van der Waals surface area contributed by atoms with Gasteiger partial charge in [0.05, 0.1) is 8.66 Å². The molecule has 1 aliphatic heterocycles. The first-order valence-corrected chi connectivity index (χ1v) is 9.57. The van der Waals surface area contributed by atoms with Crippen molar-refractivity contribution in [3.63, 3.8) is 0 Å². The summed E-state index contributed by atoms with van der Waals surface area (Å²) < 4.78 is 22.4. The molecular formula is C12H14BrNO5S2. The van der Waals surface area contributed by atoms with E-state index < -0.39 is 20.6 Å². The van der Waals surface area contributed by atoms with E-state index in [0.29, 0.717) is 11.4 Å². The lowest BCUT2D eigenvalue weighted by Gasteiger charge is -2.25. The Morgan fingerprint density at radius 2 is 2.19 bits per heavy atom. The molecule has 1 atom stereocenters. The molecule has 2 heterocycles. The van der Waals surface area contributed by atoms with Crippen molar-refractivity contribution in [2.45, 2.75) is 24.6 Å². The molecule has 0 fully saturated rings. The number of carboxylic acid groups (broad SMARTS) is 1. The number of thiophene rings is 1. The maximum Gasteiger partial charge on any atom is 0.324 e. The van der Waals surface area contributed by atoms with E-state index in [1.807, 2.05) is 6.07 Å². The van der Waals surface area contributed by atoms with Gasteiger partial charge in [-0.05, 0) is 40.9 Å². The minimum atomic E-state index is -3.78. The topological polar surface area (TPSA) is 91.8 Å². The molecule has 0 unspecified atom stereocenters. The number of carbonyl (C=O) groups excluding carboxylic acids is 1. The van der Waals surface area contributed by atoms with Gasteiger partial charge in [-0.25, -0.2) is 8.42 Å². The van der Waals surface area contributed by atoms with Gasteiger partial charge in [0.15, 0.2) is 14.6 Å². The van der Waals surface area contributed by atoms with E-state index in [4.69, 9.17) is 0 Å². The second-order valence-corrected chi connectivity index (χ2v) is 10.1. The number of halogens is 1. The Labute approximate surface area is 134 Å². The van der Waals surface area contributed by atoms with Crippen molar-refractivity contribution in [3.8, 4) is 0 Å². The van der Waals surface area contributed by atoms with E-state index in [1.54, 1.807) is 0 Å². The van der Waals surface area contributed by atoms with Crippen LogP contribution in [0.2, 0.25) is 0 Å². The fourth-order valence-corrected chi connectivity index (χ4v) is 4.50. The van der Waals surface area contributed by atoms with Crippen LogP contribution in [-0.2, 0) is 21.2 Å². The summed E-state index contributed by atoms with van der Waals surface area (Å²) in [5, 5.41) is 9.19. The number of nitrogens with zero attached hydrogens (tertiary/aromatic N) is 1. The van der Waals surface area contributed by atoms with Crippen molar-refractivity contribution >= 4 is 49.0 Å². The van der Waals surface area contributed by atoms with Crippen molar-refractivity contribution in [2.24, 2.45) is 0 Å². The van der Waals surface area contributed by atoms with Gasteiger partial charge in [-0.2, -0.15) is 0 Å². The van der Waals surface area contributed by atoms with Crippen molar-refractivity contribution < 1.29 is 23.1 Å². The Balaban J connectivity index is 2.13. The molecular weight excluding hydrogens is 382 g/mol. The summed E-state index contributed by atoms with van der Waals surface area (Å²) >= 11 is 4.64. The van der Waals surface area contributed by atoms with Crippen molar-refractivity contribution in [1.29, 1.82) is 0 Å². The van der Waals surface area contributed by atoms with E-state index in [0.717, 1.165) is 15.6 Å². The Hall–Kier alpha value is -0.930. The Bertz CT molecular complexity index is 711. The summed E-state index contributed by atoms with van der Waals surface area (Å²) in [7, 11) is -3.78. The first-order chi connectivity index (χ1) is 9.56. The second-order valence-electron chi connectivity index (χ2n) is 5.19. The molecule has 0 aliphatic carbocycles. The number of aliphatic carboxylic acids is 1. The normalized spacial score (nSPS) is 17.7. The highest BCUT2D eigenvalue weighted by Crippen LogP contribution is 2.34. The van der Waals surface area contributed by atoms with Gasteiger partial charge < -0.3 is 10.0 Å². The molecule has 6 nitrogen and oxygen atoms in total. The minimum absolute atomic E-state index is 0.0910. The molecule has 0 saturated carbocycles. The molecule has 1 aromatic heterocycles. The number of amides is 1. The summed E-state index contributed by atoms with van der Waals surface area (Å²) in [6, 6.07) is 1.85. The summed E-state index contributed by atoms with van der Waals surface area (Å²) in [5.74, 6) is -1.57. The average molecular weight is 396 g/mol. The molecule has 0 radical (unpaired) electrons. The zero-order valence-electron chi connectivity index (χ0n) is 11.4. The Morgan fingerprint density at radius 1 is 1.57 bits per heavy atom. The molecule has 1 aliphatic rings. The van der Waals surface area contributed by atoms with Gasteiger partial charge in [0, 0.05) is 19.3 Å². The van der Waals surface area contributed by atoms with Crippen LogP contribution in [0, 0.1) is 0 Å². The lowest BCUT2D eigenvalue weighted by molar-refractivity contribution is -0.139. The fourth-order valence-electron chi connectivity index (χ4n) is 2.09. The number of sulfone groups is 1. The number of hydrogen-bond acceptors (Lipinski definition) is 5. The minimum Gasteiger partial charge on any atom is -0.480 e. The van der Waals surface area contributed by atoms with Gasteiger partial charge >= 0.3 is 5.97 Å². The highest BCUT2D eigenvalue weighted by atomic mass is 79.9. The second kappa shape index (κ2) is 5.36. The monoisotopic (exact) mass is 395 g/mol. The molecule has 0 aromatic carbocycles. The molecule has 1 amide bonds. The largest absolute Gasteiger partial charge is 0.480 e. The van der Waals surface area contributed by atoms with Crippen LogP contribution in [0.1, 0.15) is 28.6 Å². The first-order valence-electron chi connectivity index (χ1n) is 6.07. The number of carboxylic acids is 1. The zero-order chi connectivity index (χ0) is 16.0. The van der Waals surface area contributed by atoms with Crippen LogP contribution in [0.25, 0.3) is 0 Å². The molecule has 21 heavy (non-hydrogen) atoms. The lowest BCUT2D eigenvalue weighted by atomic mass is 10.1. The Morgan fingerprint density at radius 3 is 2.67 bits per heavy atom. The molecule has 0 saturated heterocycles. The van der Waals surface area contributed by atoms with Gasteiger partial charge in [-0.15, -0.1) is 11.3 Å². The lowest BCUT2D eigenvalue weighted by Crippen LogP contribution is -2.45. The molecule has 0 bridgehead atoms. The molecule has 2 rings (SSSR count). The van der Waals surface area contributed by atoms with Crippen LogP contribution in [0.4, 0.5) is 0 Å². The highest BCUT2D eigenvalue weighted by molar-refractivity contribution is 9.11. The quantitative estimate of drug-likeness (QED) is 0.819.